The van der Waals surface area contributed by atoms with E-state index in [0.717, 1.165) is 16.7 Å². The summed E-state index contributed by atoms with van der Waals surface area (Å²) >= 11 is 0. The van der Waals surface area contributed by atoms with Crippen LogP contribution in [0, 0.1) is 10.4 Å². The maximum Gasteiger partial charge on any atom is 0.0794 e. The Kier molecular flexibility index (Phi) is 2.12. The summed E-state index contributed by atoms with van der Waals surface area (Å²) in [5, 5.41) is 9.58. The monoisotopic (exact) mass is 304 g/mol. The van der Waals surface area contributed by atoms with Gasteiger partial charge in [-0.3, -0.25) is 4.99 Å². The average molecular weight is 304 g/mol. The number of hydrogen-bond donors (Lipinski definition) is 0. The second kappa shape index (κ2) is 4.18. The summed E-state index contributed by atoms with van der Waals surface area (Å²) < 4.78 is 0. The fourth-order valence-corrected chi connectivity index (χ4v) is 3.93. The van der Waals surface area contributed by atoms with Crippen LogP contribution < -0.4 is 10.6 Å². The van der Waals surface area contributed by atoms with E-state index in [2.05, 4.69) is 71.7 Å². The van der Waals surface area contributed by atoms with Crippen molar-refractivity contribution in [3.8, 4) is 0 Å². The maximum atomic E-state index is 4.96. The van der Waals surface area contributed by atoms with Gasteiger partial charge in [0.2, 0.25) is 0 Å². The molecule has 0 unspecified atom stereocenters. The minimum absolute atomic E-state index is 1.05. The van der Waals surface area contributed by atoms with Crippen LogP contribution in [-0.4, -0.2) is 6.21 Å². The number of fused-ring (bicyclic) bond motifs is 8. The quantitative estimate of drug-likeness (QED) is 0.412. The number of rotatable bonds is 0. The first-order valence-electron chi connectivity index (χ1n) is 8.11. The van der Waals surface area contributed by atoms with Gasteiger partial charge in [-0.05, 0) is 22.9 Å². The van der Waals surface area contributed by atoms with Gasteiger partial charge in [0.15, 0.2) is 0 Å². The molecule has 0 amide bonds. The molecular weight excluding hydrogens is 292 g/mol. The van der Waals surface area contributed by atoms with Crippen LogP contribution in [0.25, 0.3) is 27.6 Å². The zero-order chi connectivity index (χ0) is 15.7. The smallest absolute Gasteiger partial charge is 0.0794 e. The summed E-state index contributed by atoms with van der Waals surface area (Å²) in [6.45, 7) is 0. The first-order chi connectivity index (χ1) is 11.9. The molecule has 4 aromatic rings. The van der Waals surface area contributed by atoms with Crippen molar-refractivity contribution in [2.24, 2.45) is 9.98 Å². The Balaban J connectivity index is 1.99. The number of aliphatic imine (C=N–C) groups is 1. The molecule has 0 saturated carbocycles. The molecule has 0 aliphatic carbocycles. The van der Waals surface area contributed by atoms with Crippen LogP contribution in [0.2, 0.25) is 0 Å². The predicted molar refractivity (Wildman–Crippen MR) is 98.6 cm³/mol. The van der Waals surface area contributed by atoms with Crippen molar-refractivity contribution < 1.29 is 0 Å². The standard InChI is InChI=1S/C22H12N2/c1-2-4-16-13(3-1)7-9-17-20-18(24-22(16)17)10-8-14-5-6-15-11-12-23-21(15)19(14)20/h1-12H. The highest BCUT2D eigenvalue weighted by atomic mass is 14.8. The molecule has 2 aliphatic heterocycles. The van der Waals surface area contributed by atoms with Crippen LogP contribution in [0.1, 0.15) is 0 Å². The van der Waals surface area contributed by atoms with Crippen molar-refractivity contribution in [1.82, 2.24) is 0 Å². The summed E-state index contributed by atoms with van der Waals surface area (Å²) in [5.74, 6) is 0. The van der Waals surface area contributed by atoms with Gasteiger partial charge in [0.05, 0.1) is 16.7 Å². The summed E-state index contributed by atoms with van der Waals surface area (Å²) in [4.78, 5) is 9.57. The predicted octanol–water partition coefficient (Wildman–Crippen LogP) is 4.04. The minimum Gasteiger partial charge on any atom is -0.256 e. The van der Waals surface area contributed by atoms with Gasteiger partial charge >= 0.3 is 0 Å². The molecule has 0 aromatic heterocycles. The fourth-order valence-electron chi connectivity index (χ4n) is 3.93. The maximum absolute atomic E-state index is 4.96. The van der Waals surface area contributed by atoms with Crippen LogP contribution in [0.5, 0.6) is 0 Å². The number of nitrogens with zero attached hydrogens (tertiary/aromatic N) is 2. The normalized spacial score (nSPS) is 13.5. The van der Waals surface area contributed by atoms with Crippen molar-refractivity contribution in [1.29, 1.82) is 0 Å². The van der Waals surface area contributed by atoms with Crippen molar-refractivity contribution in [2.45, 2.75) is 0 Å². The van der Waals surface area contributed by atoms with Gasteiger partial charge in [0.1, 0.15) is 0 Å². The first kappa shape index (κ1) is 12.2. The van der Waals surface area contributed by atoms with Gasteiger partial charge in [0, 0.05) is 32.6 Å². The van der Waals surface area contributed by atoms with Crippen molar-refractivity contribution in [2.75, 3.05) is 0 Å². The zero-order valence-corrected chi connectivity index (χ0v) is 12.8. The van der Waals surface area contributed by atoms with Crippen molar-refractivity contribution in [3.05, 3.63) is 81.7 Å². The highest BCUT2D eigenvalue weighted by molar-refractivity contribution is 6.05. The Hall–Kier alpha value is -3.26. The molecule has 4 aromatic carbocycles. The van der Waals surface area contributed by atoms with Gasteiger partial charge in [0.25, 0.3) is 0 Å². The molecule has 2 heteroatoms. The van der Waals surface area contributed by atoms with E-state index in [9.17, 15) is 0 Å². The van der Waals surface area contributed by atoms with Gasteiger partial charge < -0.3 is 0 Å². The topological polar surface area (TPSA) is 24.7 Å². The second-order valence-electron chi connectivity index (χ2n) is 6.30. The number of hydrogen-bond acceptors (Lipinski definition) is 2. The van der Waals surface area contributed by atoms with E-state index in [1.165, 1.54) is 37.2 Å². The van der Waals surface area contributed by atoms with Gasteiger partial charge in [-0.1, -0.05) is 54.6 Å². The Morgan fingerprint density at radius 3 is 2.62 bits per heavy atom. The third-order valence-corrected chi connectivity index (χ3v) is 5.03. The van der Waals surface area contributed by atoms with Crippen molar-refractivity contribution >= 4 is 45.2 Å². The highest BCUT2D eigenvalue weighted by Crippen LogP contribution is 2.32. The van der Waals surface area contributed by atoms with E-state index >= 15 is 0 Å². The molecule has 2 aliphatic rings. The van der Waals surface area contributed by atoms with Gasteiger partial charge in [-0.2, -0.15) is 0 Å². The molecule has 24 heavy (non-hydrogen) atoms. The third kappa shape index (κ3) is 1.41. The molecule has 0 saturated heterocycles. The van der Waals surface area contributed by atoms with Gasteiger partial charge in [-0.25, -0.2) is 4.99 Å². The Morgan fingerprint density at radius 1 is 0.750 bits per heavy atom. The molecule has 0 spiro atoms. The van der Waals surface area contributed by atoms with E-state index < -0.39 is 0 Å². The van der Waals surface area contributed by atoms with Gasteiger partial charge in [-0.15, -0.1) is 0 Å². The van der Waals surface area contributed by atoms with Crippen LogP contribution >= 0.6 is 0 Å². The summed E-state index contributed by atoms with van der Waals surface area (Å²) in [7, 11) is 0. The molecule has 0 atom stereocenters. The van der Waals surface area contributed by atoms with E-state index in [1.54, 1.807) is 0 Å². The summed E-state index contributed by atoms with van der Waals surface area (Å²) in [6.07, 6.45) is 3.96. The van der Waals surface area contributed by atoms with Crippen LogP contribution in [0.3, 0.4) is 0 Å². The fraction of sp³-hybridized carbons (Fsp3) is 0. The first-order valence-corrected chi connectivity index (χ1v) is 8.11. The molecular formula is C22H12N2. The average Bonchev–Trinajstić information content (AvgIpc) is 3.25. The molecule has 2 nitrogen and oxygen atoms in total. The number of benzene rings is 4. The Morgan fingerprint density at radius 2 is 1.62 bits per heavy atom. The Labute approximate surface area is 137 Å². The highest BCUT2D eigenvalue weighted by Gasteiger charge is 2.14. The summed E-state index contributed by atoms with van der Waals surface area (Å²) in [6, 6.07) is 21.4. The summed E-state index contributed by atoms with van der Waals surface area (Å²) in [5.41, 5.74) is 2.12. The molecule has 6 rings (SSSR count). The SMILES string of the molecule is C1=Nc2c(ccc3ccc4c(c23)=c2ccc3ccccc3c2=N4)=C1. The largest absolute Gasteiger partial charge is 0.256 e. The van der Waals surface area contributed by atoms with E-state index in [-0.39, 0.29) is 0 Å². The lowest BCUT2D eigenvalue weighted by molar-refractivity contribution is 1.41. The molecule has 0 N–H and O–H groups in total. The minimum atomic E-state index is 1.05. The zero-order valence-electron chi connectivity index (χ0n) is 12.8. The lowest BCUT2D eigenvalue weighted by Gasteiger charge is -2.03. The third-order valence-electron chi connectivity index (χ3n) is 5.03. The molecule has 0 bridgehead atoms. The van der Waals surface area contributed by atoms with E-state index in [0.29, 0.717) is 0 Å². The van der Waals surface area contributed by atoms with Crippen LogP contribution in [0.15, 0.2) is 70.6 Å². The lowest BCUT2D eigenvalue weighted by Crippen LogP contribution is -2.02. The van der Waals surface area contributed by atoms with Crippen LogP contribution in [0.4, 0.5) is 11.4 Å². The molecule has 110 valence electrons. The molecule has 0 radical (unpaired) electrons. The Bertz CT molecular complexity index is 1440. The van der Waals surface area contributed by atoms with Crippen LogP contribution in [-0.2, 0) is 0 Å². The van der Waals surface area contributed by atoms with E-state index in [1.807, 2.05) is 6.21 Å². The second-order valence-corrected chi connectivity index (χ2v) is 6.30. The van der Waals surface area contributed by atoms with Crippen molar-refractivity contribution in [3.63, 3.8) is 0 Å². The lowest BCUT2D eigenvalue weighted by atomic mass is 10.0. The van der Waals surface area contributed by atoms with E-state index in [4.69, 9.17) is 4.99 Å². The molecule has 2 heterocycles. The molecule has 0 fully saturated rings.